The summed E-state index contributed by atoms with van der Waals surface area (Å²) >= 11 is 0. The van der Waals surface area contributed by atoms with E-state index < -0.39 is 18.0 Å². The lowest BCUT2D eigenvalue weighted by atomic mass is 10.0. The molecule has 7 heteroatoms. The molecule has 0 aliphatic carbocycles. The Hall–Kier alpha value is -2.57. The molecule has 0 unspecified atom stereocenters. The maximum Gasteiger partial charge on any atom is 0.326 e. The van der Waals surface area contributed by atoms with Crippen LogP contribution in [0.1, 0.15) is 26.2 Å². The molecular weight excluding hydrogens is 288 g/mol. The molecule has 0 radical (unpaired) electrons. The van der Waals surface area contributed by atoms with Gasteiger partial charge in [0.15, 0.2) is 5.58 Å². The molecule has 1 aromatic carbocycles. The molecule has 116 valence electrons. The van der Waals surface area contributed by atoms with Gasteiger partial charge in [-0.1, -0.05) is 0 Å². The van der Waals surface area contributed by atoms with Gasteiger partial charge in [-0.2, -0.15) is 4.98 Å². The van der Waals surface area contributed by atoms with E-state index in [9.17, 15) is 14.7 Å². The number of carbonyl (C=O) groups is 2. The van der Waals surface area contributed by atoms with Gasteiger partial charge in [-0.25, -0.2) is 4.79 Å². The second-order valence-corrected chi connectivity index (χ2v) is 5.26. The molecule has 7 nitrogen and oxygen atoms in total. The minimum atomic E-state index is -0.873. The third-order valence-corrected chi connectivity index (χ3v) is 3.64. The fourth-order valence-electron chi connectivity index (χ4n) is 2.66. The molecule has 2 aromatic rings. The van der Waals surface area contributed by atoms with Crippen LogP contribution in [0.25, 0.3) is 11.1 Å². The quantitative estimate of drug-likeness (QED) is 0.686. The predicted molar refractivity (Wildman–Crippen MR) is 77.9 cm³/mol. The minimum absolute atomic E-state index is 0.294. The first-order chi connectivity index (χ1) is 10.5. The number of esters is 1. The molecular formula is C15H16N2O5. The van der Waals surface area contributed by atoms with Gasteiger partial charge in [0, 0.05) is 19.5 Å². The van der Waals surface area contributed by atoms with Crippen LogP contribution in [0.15, 0.2) is 22.6 Å². The van der Waals surface area contributed by atoms with E-state index in [0.29, 0.717) is 35.8 Å². The fraction of sp³-hybridized carbons (Fsp3) is 0.400. The second-order valence-electron chi connectivity index (χ2n) is 5.26. The van der Waals surface area contributed by atoms with Gasteiger partial charge in [-0.15, -0.1) is 0 Å². The summed E-state index contributed by atoms with van der Waals surface area (Å²) in [5, 5.41) is 9.32. The Bertz CT molecular complexity index is 724. The van der Waals surface area contributed by atoms with Gasteiger partial charge in [-0.05, 0) is 31.4 Å². The highest BCUT2D eigenvalue weighted by atomic mass is 16.5. The number of fused-ring (bicyclic) bond motifs is 1. The summed E-state index contributed by atoms with van der Waals surface area (Å²) in [6.07, 6.45) is 2.36. The molecule has 1 aliphatic rings. The van der Waals surface area contributed by atoms with E-state index in [4.69, 9.17) is 9.15 Å². The zero-order valence-electron chi connectivity index (χ0n) is 12.1. The Morgan fingerprint density at radius 3 is 2.95 bits per heavy atom. The number of aromatic nitrogens is 1. The largest absolute Gasteiger partial charge is 0.480 e. The smallest absolute Gasteiger partial charge is 0.326 e. The lowest BCUT2D eigenvalue weighted by molar-refractivity contribution is -0.139. The Balaban J connectivity index is 1.93. The van der Waals surface area contributed by atoms with Gasteiger partial charge >= 0.3 is 11.9 Å². The van der Waals surface area contributed by atoms with Crippen LogP contribution in [0.3, 0.4) is 0 Å². The first kappa shape index (κ1) is 14.4. The summed E-state index contributed by atoms with van der Waals surface area (Å²) < 4.78 is 10.7. The molecule has 1 atom stereocenters. The van der Waals surface area contributed by atoms with Gasteiger partial charge in [0.1, 0.15) is 17.3 Å². The lowest BCUT2D eigenvalue weighted by Gasteiger charge is -2.31. The molecule has 0 bridgehead atoms. The second kappa shape index (κ2) is 5.67. The third-order valence-electron chi connectivity index (χ3n) is 3.64. The van der Waals surface area contributed by atoms with Crippen LogP contribution in [0.2, 0.25) is 0 Å². The first-order valence-corrected chi connectivity index (χ1v) is 7.13. The van der Waals surface area contributed by atoms with Crippen molar-refractivity contribution in [1.29, 1.82) is 0 Å². The van der Waals surface area contributed by atoms with Crippen molar-refractivity contribution in [3.8, 4) is 5.75 Å². The summed E-state index contributed by atoms with van der Waals surface area (Å²) in [4.78, 5) is 28.4. The molecule has 22 heavy (non-hydrogen) atoms. The van der Waals surface area contributed by atoms with Crippen molar-refractivity contribution in [3.63, 3.8) is 0 Å². The predicted octanol–water partition coefficient (Wildman–Crippen LogP) is 2.20. The van der Waals surface area contributed by atoms with E-state index in [1.54, 1.807) is 23.1 Å². The van der Waals surface area contributed by atoms with E-state index in [2.05, 4.69) is 4.98 Å². The normalized spacial score (nSPS) is 18.4. The van der Waals surface area contributed by atoms with Gasteiger partial charge in [0.2, 0.25) is 0 Å². The average molecular weight is 304 g/mol. The van der Waals surface area contributed by atoms with Crippen LogP contribution >= 0.6 is 0 Å². The maximum atomic E-state index is 11.4. The van der Waals surface area contributed by atoms with Crippen molar-refractivity contribution in [2.24, 2.45) is 0 Å². The molecule has 0 spiro atoms. The number of hydrogen-bond donors (Lipinski definition) is 1. The first-order valence-electron chi connectivity index (χ1n) is 7.13. The van der Waals surface area contributed by atoms with Gasteiger partial charge in [0.05, 0.1) is 0 Å². The van der Waals surface area contributed by atoms with Crippen LogP contribution in [0.4, 0.5) is 6.01 Å². The van der Waals surface area contributed by atoms with Crippen LogP contribution in [0.5, 0.6) is 5.75 Å². The van der Waals surface area contributed by atoms with Crippen molar-refractivity contribution in [2.45, 2.75) is 32.2 Å². The summed E-state index contributed by atoms with van der Waals surface area (Å²) in [6.45, 7) is 1.92. The van der Waals surface area contributed by atoms with Crippen LogP contribution < -0.4 is 9.64 Å². The number of oxazole rings is 1. The number of aliphatic carboxylic acids is 1. The zero-order chi connectivity index (χ0) is 15.7. The summed E-state index contributed by atoms with van der Waals surface area (Å²) in [7, 11) is 0. The Morgan fingerprint density at radius 2 is 2.23 bits per heavy atom. The SMILES string of the molecule is CC(=O)Oc1ccc2nc(N3CCCC[C@H]3C(=O)O)oc2c1. The number of carbonyl (C=O) groups excluding carboxylic acids is 1. The molecule has 1 fully saturated rings. The molecule has 3 rings (SSSR count). The van der Waals surface area contributed by atoms with E-state index >= 15 is 0 Å². The molecule has 0 saturated carbocycles. The summed E-state index contributed by atoms with van der Waals surface area (Å²) in [6, 6.07) is 4.56. The average Bonchev–Trinajstić information content (AvgIpc) is 2.89. The monoisotopic (exact) mass is 304 g/mol. The van der Waals surface area contributed by atoms with Crippen molar-refractivity contribution in [1.82, 2.24) is 4.98 Å². The number of hydrogen-bond acceptors (Lipinski definition) is 6. The molecule has 2 heterocycles. The van der Waals surface area contributed by atoms with Crippen molar-refractivity contribution in [3.05, 3.63) is 18.2 Å². The van der Waals surface area contributed by atoms with Crippen molar-refractivity contribution < 1.29 is 23.8 Å². The molecule has 1 N–H and O–H groups in total. The van der Waals surface area contributed by atoms with E-state index in [-0.39, 0.29) is 0 Å². The van der Waals surface area contributed by atoms with Crippen molar-refractivity contribution in [2.75, 3.05) is 11.4 Å². The third kappa shape index (κ3) is 2.74. The number of ether oxygens (including phenoxy) is 1. The lowest BCUT2D eigenvalue weighted by Crippen LogP contribution is -2.44. The molecule has 1 saturated heterocycles. The maximum absolute atomic E-state index is 11.4. The molecule has 0 amide bonds. The van der Waals surface area contributed by atoms with Crippen LogP contribution in [-0.2, 0) is 9.59 Å². The van der Waals surface area contributed by atoms with Crippen molar-refractivity contribution >= 4 is 29.1 Å². The van der Waals surface area contributed by atoms with E-state index in [1.807, 2.05) is 0 Å². The van der Waals surface area contributed by atoms with E-state index in [1.165, 1.54) is 6.92 Å². The van der Waals surface area contributed by atoms with E-state index in [0.717, 1.165) is 12.8 Å². The number of anilines is 1. The van der Waals surface area contributed by atoms with Crippen LogP contribution in [-0.4, -0.2) is 34.6 Å². The fourth-order valence-corrected chi connectivity index (χ4v) is 2.66. The highest BCUT2D eigenvalue weighted by molar-refractivity contribution is 5.80. The highest BCUT2D eigenvalue weighted by Gasteiger charge is 2.31. The van der Waals surface area contributed by atoms with Gasteiger partial charge in [0.25, 0.3) is 6.01 Å². The number of carboxylic acid groups (broad SMARTS) is 1. The minimum Gasteiger partial charge on any atom is -0.480 e. The number of piperidine rings is 1. The highest BCUT2D eigenvalue weighted by Crippen LogP contribution is 2.29. The Labute approximate surface area is 126 Å². The molecule has 1 aliphatic heterocycles. The van der Waals surface area contributed by atoms with Gasteiger partial charge in [-0.3, -0.25) is 4.79 Å². The van der Waals surface area contributed by atoms with Crippen LogP contribution in [0, 0.1) is 0 Å². The number of benzene rings is 1. The number of rotatable bonds is 3. The topological polar surface area (TPSA) is 92.9 Å². The number of carboxylic acids is 1. The Kier molecular flexibility index (Phi) is 3.70. The standard InChI is InChI=1S/C15H16N2O5/c1-9(18)21-10-5-6-11-13(8-10)22-15(16-11)17-7-3-2-4-12(17)14(19)20/h5-6,8,12H,2-4,7H2,1H3,(H,19,20)/t12-/m0/s1. The Morgan fingerprint density at radius 1 is 1.41 bits per heavy atom. The zero-order valence-corrected chi connectivity index (χ0v) is 12.1. The molecule has 1 aromatic heterocycles. The summed E-state index contributed by atoms with van der Waals surface area (Å²) in [5.41, 5.74) is 1.06. The number of nitrogens with zero attached hydrogens (tertiary/aromatic N) is 2. The van der Waals surface area contributed by atoms with Gasteiger partial charge < -0.3 is 19.2 Å². The summed E-state index contributed by atoms with van der Waals surface area (Å²) in [5.74, 6) is -0.917.